The molecule has 0 bridgehead atoms. The van der Waals surface area contributed by atoms with E-state index in [-0.39, 0.29) is 23.2 Å². The molecule has 136 valence electrons. The predicted molar refractivity (Wildman–Crippen MR) is 98.2 cm³/mol. The van der Waals surface area contributed by atoms with E-state index in [9.17, 15) is 4.39 Å². The van der Waals surface area contributed by atoms with Crippen LogP contribution in [0.25, 0.3) is 0 Å². The maximum Gasteiger partial charge on any atom is 0.191 e. The summed E-state index contributed by atoms with van der Waals surface area (Å²) >= 11 is 0. The Labute approximate surface area is 145 Å². The van der Waals surface area contributed by atoms with Crippen molar-refractivity contribution in [2.75, 3.05) is 26.7 Å². The summed E-state index contributed by atoms with van der Waals surface area (Å²) in [5.74, 6) is 0.650. The Hall–Kier alpha value is -1.82. The number of nitrogens with zero attached hydrogens (tertiary/aromatic N) is 1. The average molecular weight is 338 g/mol. The lowest BCUT2D eigenvalue weighted by Gasteiger charge is -2.22. The molecule has 0 saturated heterocycles. The van der Waals surface area contributed by atoms with Gasteiger partial charge >= 0.3 is 0 Å². The van der Waals surface area contributed by atoms with Crippen LogP contribution < -0.4 is 20.7 Å². The van der Waals surface area contributed by atoms with Gasteiger partial charge < -0.3 is 20.7 Å². The molecule has 0 heterocycles. The van der Waals surface area contributed by atoms with Crippen molar-refractivity contribution in [1.29, 1.82) is 0 Å². The quantitative estimate of drug-likeness (QED) is 0.387. The molecule has 24 heavy (non-hydrogen) atoms. The van der Waals surface area contributed by atoms with Gasteiger partial charge in [0.25, 0.3) is 0 Å². The number of rotatable bonds is 8. The number of benzene rings is 1. The van der Waals surface area contributed by atoms with Crippen LogP contribution in [-0.2, 0) is 0 Å². The van der Waals surface area contributed by atoms with Crippen LogP contribution in [0.2, 0.25) is 0 Å². The summed E-state index contributed by atoms with van der Waals surface area (Å²) in [7, 11) is 1.73. The molecule has 0 radical (unpaired) electrons. The Morgan fingerprint density at radius 3 is 2.50 bits per heavy atom. The van der Waals surface area contributed by atoms with Crippen LogP contribution in [-0.4, -0.2) is 44.3 Å². The fourth-order valence-electron chi connectivity index (χ4n) is 2.04. The van der Waals surface area contributed by atoms with Crippen LogP contribution in [0.5, 0.6) is 5.75 Å². The molecule has 5 nitrogen and oxygen atoms in total. The van der Waals surface area contributed by atoms with Crippen LogP contribution in [0, 0.1) is 5.82 Å². The van der Waals surface area contributed by atoms with E-state index in [4.69, 9.17) is 4.74 Å². The summed E-state index contributed by atoms with van der Waals surface area (Å²) in [6.07, 6.45) is 0.636. The second kappa shape index (κ2) is 10.1. The lowest BCUT2D eigenvalue weighted by atomic mass is 10.1. The van der Waals surface area contributed by atoms with Gasteiger partial charge in [-0.3, -0.25) is 4.99 Å². The van der Waals surface area contributed by atoms with E-state index in [0.29, 0.717) is 12.5 Å². The Kier molecular flexibility index (Phi) is 8.54. The molecular weight excluding hydrogens is 307 g/mol. The van der Waals surface area contributed by atoms with Gasteiger partial charge in [0, 0.05) is 25.7 Å². The minimum absolute atomic E-state index is 0.0968. The van der Waals surface area contributed by atoms with E-state index in [0.717, 1.165) is 19.5 Å². The zero-order chi connectivity index (χ0) is 18.0. The monoisotopic (exact) mass is 338 g/mol. The van der Waals surface area contributed by atoms with Crippen molar-refractivity contribution in [3.63, 3.8) is 0 Å². The summed E-state index contributed by atoms with van der Waals surface area (Å²) in [5.41, 5.74) is 0.0968. The standard InChI is InChI=1S/C18H31FN4O/c1-6-14(24-16-10-8-7-9-15(16)19)13-22-17(20-5)21-11-12-23-18(2,3)4/h7-10,14,23H,6,11-13H2,1-5H3,(H2,20,21,22). The molecule has 1 atom stereocenters. The third-order valence-corrected chi connectivity index (χ3v) is 3.38. The van der Waals surface area contributed by atoms with Crippen LogP contribution in [0.15, 0.2) is 29.3 Å². The summed E-state index contributed by atoms with van der Waals surface area (Å²) < 4.78 is 19.4. The molecule has 6 heteroatoms. The molecule has 3 N–H and O–H groups in total. The van der Waals surface area contributed by atoms with Gasteiger partial charge in [-0.05, 0) is 39.3 Å². The molecule has 1 rings (SSSR count). The SMILES string of the molecule is CCC(CNC(=NC)NCCNC(C)(C)C)Oc1ccccc1F. The van der Waals surface area contributed by atoms with Crippen molar-refractivity contribution in [2.24, 2.45) is 4.99 Å². The van der Waals surface area contributed by atoms with E-state index in [1.165, 1.54) is 6.07 Å². The van der Waals surface area contributed by atoms with Crippen molar-refractivity contribution in [1.82, 2.24) is 16.0 Å². The van der Waals surface area contributed by atoms with Crippen LogP contribution in [0.4, 0.5) is 4.39 Å². The van der Waals surface area contributed by atoms with Crippen molar-refractivity contribution in [3.05, 3.63) is 30.1 Å². The second-order valence-electron chi connectivity index (χ2n) is 6.64. The fraction of sp³-hybridized carbons (Fsp3) is 0.611. The third kappa shape index (κ3) is 8.15. The number of para-hydroxylation sites is 1. The Morgan fingerprint density at radius 1 is 1.21 bits per heavy atom. The summed E-state index contributed by atoms with van der Waals surface area (Å²) in [6.45, 7) is 10.6. The number of hydrogen-bond acceptors (Lipinski definition) is 3. The third-order valence-electron chi connectivity index (χ3n) is 3.38. The highest BCUT2D eigenvalue weighted by Gasteiger charge is 2.12. The smallest absolute Gasteiger partial charge is 0.191 e. The minimum Gasteiger partial charge on any atom is -0.486 e. The molecule has 0 spiro atoms. The fourth-order valence-corrected chi connectivity index (χ4v) is 2.04. The molecule has 0 aliphatic rings. The number of nitrogens with one attached hydrogen (secondary N) is 3. The normalized spacial score (nSPS) is 13.5. The molecule has 0 saturated carbocycles. The first kappa shape index (κ1) is 20.2. The molecule has 0 aliphatic carbocycles. The van der Waals surface area contributed by atoms with Gasteiger partial charge in [0.15, 0.2) is 17.5 Å². The van der Waals surface area contributed by atoms with Crippen LogP contribution >= 0.6 is 0 Å². The molecule has 0 fully saturated rings. The largest absolute Gasteiger partial charge is 0.486 e. The van der Waals surface area contributed by atoms with E-state index in [1.807, 2.05) is 6.92 Å². The van der Waals surface area contributed by atoms with E-state index < -0.39 is 0 Å². The molecule has 0 aliphatic heterocycles. The number of hydrogen-bond donors (Lipinski definition) is 3. The van der Waals surface area contributed by atoms with Gasteiger partial charge in [0.1, 0.15) is 6.10 Å². The molecular formula is C18H31FN4O. The van der Waals surface area contributed by atoms with Gasteiger partial charge in [-0.15, -0.1) is 0 Å². The van der Waals surface area contributed by atoms with Gasteiger partial charge in [-0.1, -0.05) is 19.1 Å². The van der Waals surface area contributed by atoms with Crippen LogP contribution in [0.3, 0.4) is 0 Å². The molecule has 1 aromatic rings. The highest BCUT2D eigenvalue weighted by Crippen LogP contribution is 2.17. The Bertz CT molecular complexity index is 514. The van der Waals surface area contributed by atoms with Crippen molar-refractivity contribution >= 4 is 5.96 Å². The van der Waals surface area contributed by atoms with E-state index in [2.05, 4.69) is 41.7 Å². The summed E-state index contributed by atoms with van der Waals surface area (Å²) in [6, 6.07) is 6.46. The molecule has 0 aromatic heterocycles. The predicted octanol–water partition coefficient (Wildman–Crippen LogP) is 2.54. The maximum atomic E-state index is 13.7. The summed E-state index contributed by atoms with van der Waals surface area (Å²) in [5, 5.41) is 9.87. The lowest BCUT2D eigenvalue weighted by molar-refractivity contribution is 0.191. The van der Waals surface area contributed by atoms with Gasteiger partial charge in [-0.25, -0.2) is 4.39 Å². The van der Waals surface area contributed by atoms with E-state index in [1.54, 1.807) is 25.2 Å². The van der Waals surface area contributed by atoms with Crippen LogP contribution in [0.1, 0.15) is 34.1 Å². The average Bonchev–Trinajstić information content (AvgIpc) is 2.53. The van der Waals surface area contributed by atoms with Crippen molar-refractivity contribution in [3.8, 4) is 5.75 Å². The maximum absolute atomic E-state index is 13.7. The lowest BCUT2D eigenvalue weighted by Crippen LogP contribution is -2.46. The zero-order valence-electron chi connectivity index (χ0n) is 15.4. The van der Waals surface area contributed by atoms with Gasteiger partial charge in [0.05, 0.1) is 6.54 Å². The molecule has 1 unspecified atom stereocenters. The zero-order valence-corrected chi connectivity index (χ0v) is 15.4. The molecule has 0 amide bonds. The van der Waals surface area contributed by atoms with E-state index >= 15 is 0 Å². The number of aliphatic imine (C=N–C) groups is 1. The first-order valence-electron chi connectivity index (χ1n) is 8.46. The highest BCUT2D eigenvalue weighted by molar-refractivity contribution is 5.79. The first-order chi connectivity index (χ1) is 11.4. The Balaban J connectivity index is 2.39. The van der Waals surface area contributed by atoms with Crippen molar-refractivity contribution in [2.45, 2.75) is 45.8 Å². The number of ether oxygens (including phenoxy) is 1. The Morgan fingerprint density at radius 2 is 1.92 bits per heavy atom. The van der Waals surface area contributed by atoms with Gasteiger partial charge in [0.2, 0.25) is 0 Å². The minimum atomic E-state index is -0.341. The summed E-state index contributed by atoms with van der Waals surface area (Å²) in [4.78, 5) is 4.19. The second-order valence-corrected chi connectivity index (χ2v) is 6.64. The highest BCUT2D eigenvalue weighted by atomic mass is 19.1. The number of halogens is 1. The number of guanidine groups is 1. The molecule has 1 aromatic carbocycles. The van der Waals surface area contributed by atoms with Gasteiger partial charge in [-0.2, -0.15) is 0 Å². The topological polar surface area (TPSA) is 57.7 Å². The first-order valence-corrected chi connectivity index (χ1v) is 8.46. The van der Waals surface area contributed by atoms with Crippen molar-refractivity contribution < 1.29 is 9.13 Å².